The SMILES string of the molecule is Cc1cc(C)c2c(c1)C1(NC(Cc3ccc(O)cc3)C3C(=O)N(C(C)(C)C)C(=O)C31)C(=O)N2. The van der Waals surface area contributed by atoms with E-state index in [9.17, 15) is 19.5 Å². The molecule has 4 atom stereocenters. The smallest absolute Gasteiger partial charge is 0.250 e. The molecular weight excluding hydrogens is 418 g/mol. The number of carbonyl (C=O) groups is 3. The second-order valence-corrected chi connectivity index (χ2v) is 10.6. The number of nitrogens with one attached hydrogen (secondary N) is 2. The van der Waals surface area contributed by atoms with Gasteiger partial charge in [-0.15, -0.1) is 0 Å². The fourth-order valence-electron chi connectivity index (χ4n) is 5.98. The summed E-state index contributed by atoms with van der Waals surface area (Å²) in [4.78, 5) is 42.5. The molecule has 0 saturated carbocycles. The number of aromatic hydroxyl groups is 1. The van der Waals surface area contributed by atoms with Gasteiger partial charge in [-0.2, -0.15) is 0 Å². The number of phenols is 1. The third-order valence-electron chi connectivity index (χ3n) is 7.23. The van der Waals surface area contributed by atoms with Crippen LogP contribution in [0.15, 0.2) is 36.4 Å². The van der Waals surface area contributed by atoms with Gasteiger partial charge in [0.2, 0.25) is 17.7 Å². The predicted molar refractivity (Wildman–Crippen MR) is 124 cm³/mol. The normalized spacial score (nSPS) is 28.5. The summed E-state index contributed by atoms with van der Waals surface area (Å²) in [6.45, 7) is 9.43. The number of nitrogens with zero attached hydrogens (tertiary/aromatic N) is 1. The first kappa shape index (κ1) is 21.6. The second kappa shape index (κ2) is 6.90. The lowest BCUT2D eigenvalue weighted by molar-refractivity contribution is -0.147. The van der Waals surface area contributed by atoms with Crippen LogP contribution in [-0.4, -0.2) is 39.3 Å². The lowest BCUT2D eigenvalue weighted by atomic mass is 9.75. The highest BCUT2D eigenvalue weighted by molar-refractivity contribution is 6.15. The molecular formula is C26H29N3O4. The summed E-state index contributed by atoms with van der Waals surface area (Å²) in [5.41, 5.74) is 2.30. The first-order chi connectivity index (χ1) is 15.4. The molecule has 7 nitrogen and oxygen atoms in total. The second-order valence-electron chi connectivity index (χ2n) is 10.6. The molecule has 4 unspecified atom stereocenters. The lowest BCUT2D eigenvalue weighted by Gasteiger charge is -2.34. The molecule has 0 radical (unpaired) electrons. The topological polar surface area (TPSA) is 98.7 Å². The molecule has 2 aromatic rings. The maximum absolute atomic E-state index is 13.8. The molecule has 3 N–H and O–H groups in total. The van der Waals surface area contributed by atoms with Gasteiger partial charge in [0, 0.05) is 22.8 Å². The largest absolute Gasteiger partial charge is 0.508 e. The number of hydrogen-bond donors (Lipinski definition) is 3. The van der Waals surface area contributed by atoms with E-state index in [0.717, 1.165) is 27.9 Å². The van der Waals surface area contributed by atoms with Crippen LogP contribution < -0.4 is 10.6 Å². The van der Waals surface area contributed by atoms with E-state index in [0.29, 0.717) is 6.42 Å². The molecule has 2 saturated heterocycles. The Hall–Kier alpha value is -3.19. The molecule has 5 rings (SSSR count). The van der Waals surface area contributed by atoms with Gasteiger partial charge in [-0.1, -0.05) is 29.8 Å². The zero-order valence-corrected chi connectivity index (χ0v) is 19.5. The third kappa shape index (κ3) is 2.95. The maximum Gasteiger partial charge on any atom is 0.250 e. The first-order valence-electron chi connectivity index (χ1n) is 11.3. The number of carbonyl (C=O) groups excluding carboxylic acids is 3. The summed E-state index contributed by atoms with van der Waals surface area (Å²) in [6, 6.07) is 10.3. The van der Waals surface area contributed by atoms with E-state index in [1.165, 1.54) is 4.90 Å². The standard InChI is InChI=1S/C26H29N3O4/c1-13-10-14(2)21-17(11-13)26(24(33)27-21)20-19(22(31)29(23(20)32)25(3,4)5)18(28-26)12-15-6-8-16(30)9-7-15/h6-11,18-20,28,30H,12H2,1-5H3,(H,27,33). The summed E-state index contributed by atoms with van der Waals surface area (Å²) >= 11 is 0. The van der Waals surface area contributed by atoms with E-state index in [-0.39, 0.29) is 23.5 Å². The van der Waals surface area contributed by atoms with Gasteiger partial charge in [-0.05, 0) is 64.3 Å². The molecule has 172 valence electrons. The highest BCUT2D eigenvalue weighted by Gasteiger charge is 2.71. The fourth-order valence-corrected chi connectivity index (χ4v) is 5.98. The number of imide groups is 1. The molecule has 1 spiro atoms. The Kier molecular flexibility index (Phi) is 4.53. The molecule has 3 amide bonds. The fraction of sp³-hybridized carbons (Fsp3) is 0.423. The van der Waals surface area contributed by atoms with E-state index < -0.39 is 29.0 Å². The quantitative estimate of drug-likeness (QED) is 0.615. The number of aryl methyl sites for hydroxylation is 2. The molecule has 0 aromatic heterocycles. The van der Waals surface area contributed by atoms with Crippen LogP contribution in [0, 0.1) is 25.7 Å². The van der Waals surface area contributed by atoms with Gasteiger partial charge in [0.15, 0.2) is 0 Å². The molecule has 3 heterocycles. The first-order valence-corrected chi connectivity index (χ1v) is 11.3. The average molecular weight is 448 g/mol. The molecule has 7 heteroatoms. The van der Waals surface area contributed by atoms with E-state index in [1.807, 2.05) is 46.8 Å². The van der Waals surface area contributed by atoms with Crippen molar-refractivity contribution in [3.05, 3.63) is 58.7 Å². The molecule has 2 fully saturated rings. The van der Waals surface area contributed by atoms with Gasteiger partial charge in [0.25, 0.3) is 0 Å². The van der Waals surface area contributed by atoms with Gasteiger partial charge in [0.1, 0.15) is 11.3 Å². The molecule has 0 bridgehead atoms. The third-order valence-corrected chi connectivity index (χ3v) is 7.23. The van der Waals surface area contributed by atoms with Crippen LogP contribution in [-0.2, 0) is 26.3 Å². The summed E-state index contributed by atoms with van der Waals surface area (Å²) in [5, 5.41) is 16.1. The van der Waals surface area contributed by atoms with Gasteiger partial charge < -0.3 is 10.4 Å². The lowest BCUT2D eigenvalue weighted by Crippen LogP contribution is -2.56. The van der Waals surface area contributed by atoms with Crippen molar-refractivity contribution in [2.75, 3.05) is 5.32 Å². The van der Waals surface area contributed by atoms with Crippen molar-refractivity contribution < 1.29 is 19.5 Å². The maximum atomic E-state index is 13.8. The van der Waals surface area contributed by atoms with Crippen LogP contribution in [0.5, 0.6) is 5.75 Å². The Morgan fingerprint density at radius 2 is 1.70 bits per heavy atom. The van der Waals surface area contributed by atoms with Gasteiger partial charge >= 0.3 is 0 Å². The van der Waals surface area contributed by atoms with Crippen molar-refractivity contribution in [1.82, 2.24) is 10.2 Å². The Bertz CT molecular complexity index is 1200. The molecule has 3 aliphatic heterocycles. The Morgan fingerprint density at radius 3 is 2.33 bits per heavy atom. The van der Waals surface area contributed by atoms with Crippen molar-refractivity contribution in [3.63, 3.8) is 0 Å². The minimum atomic E-state index is -1.30. The van der Waals surface area contributed by atoms with Gasteiger partial charge in [0.05, 0.1) is 11.8 Å². The van der Waals surface area contributed by atoms with Gasteiger partial charge in [-0.3, -0.25) is 24.6 Å². The van der Waals surface area contributed by atoms with E-state index in [2.05, 4.69) is 10.6 Å². The number of benzene rings is 2. The number of hydrogen-bond acceptors (Lipinski definition) is 5. The number of amides is 3. The molecule has 0 aliphatic carbocycles. The van der Waals surface area contributed by atoms with Crippen molar-refractivity contribution in [2.45, 2.75) is 58.2 Å². The van der Waals surface area contributed by atoms with Crippen LogP contribution in [0.2, 0.25) is 0 Å². The summed E-state index contributed by atoms with van der Waals surface area (Å²) in [6.07, 6.45) is 0.452. The highest BCUT2D eigenvalue weighted by atomic mass is 16.3. The van der Waals surface area contributed by atoms with Crippen molar-refractivity contribution >= 4 is 23.4 Å². The predicted octanol–water partition coefficient (Wildman–Crippen LogP) is 2.77. The number of phenolic OH excluding ortho intramolecular Hbond substituents is 1. The highest BCUT2D eigenvalue weighted by Crippen LogP contribution is 2.55. The van der Waals surface area contributed by atoms with Crippen LogP contribution in [0.25, 0.3) is 0 Å². The number of rotatable bonds is 2. The summed E-state index contributed by atoms with van der Waals surface area (Å²) in [5.74, 6) is -2.16. The zero-order chi connectivity index (χ0) is 23.9. The number of anilines is 1. The average Bonchev–Trinajstić information content (AvgIpc) is 3.29. The van der Waals surface area contributed by atoms with E-state index in [4.69, 9.17) is 0 Å². The Morgan fingerprint density at radius 1 is 1.03 bits per heavy atom. The molecule has 33 heavy (non-hydrogen) atoms. The summed E-state index contributed by atoms with van der Waals surface area (Å²) in [7, 11) is 0. The van der Waals surface area contributed by atoms with E-state index >= 15 is 0 Å². The summed E-state index contributed by atoms with van der Waals surface area (Å²) < 4.78 is 0. The van der Waals surface area contributed by atoms with Crippen molar-refractivity contribution in [1.29, 1.82) is 0 Å². The van der Waals surface area contributed by atoms with Crippen molar-refractivity contribution in [3.8, 4) is 5.75 Å². The zero-order valence-electron chi connectivity index (χ0n) is 19.5. The van der Waals surface area contributed by atoms with Crippen LogP contribution >= 0.6 is 0 Å². The number of fused-ring (bicyclic) bond motifs is 4. The molecule has 3 aliphatic rings. The van der Waals surface area contributed by atoms with Crippen molar-refractivity contribution in [2.24, 2.45) is 11.8 Å². The van der Waals surface area contributed by atoms with Gasteiger partial charge in [-0.25, -0.2) is 0 Å². The van der Waals surface area contributed by atoms with Crippen LogP contribution in [0.3, 0.4) is 0 Å². The minimum Gasteiger partial charge on any atom is -0.508 e. The van der Waals surface area contributed by atoms with E-state index in [1.54, 1.807) is 24.3 Å². The minimum absolute atomic E-state index is 0.161. The van der Waals surface area contributed by atoms with Crippen LogP contribution in [0.1, 0.15) is 43.0 Å². The molecule has 2 aromatic carbocycles. The monoisotopic (exact) mass is 447 g/mol. The van der Waals surface area contributed by atoms with Crippen LogP contribution in [0.4, 0.5) is 5.69 Å². The Balaban J connectivity index is 1.68. The number of likely N-dealkylation sites (tertiary alicyclic amines) is 1. The Labute approximate surface area is 193 Å².